The van der Waals surface area contributed by atoms with Gasteiger partial charge < -0.3 is 26.0 Å². The number of hydrogen-bond acceptors (Lipinski definition) is 7. The molecule has 3 rings (SSSR count). The molecule has 2 aromatic rings. The average molecular weight is 550 g/mol. The minimum absolute atomic E-state index is 0.0588. The van der Waals surface area contributed by atoms with E-state index < -0.39 is 23.8 Å². The van der Waals surface area contributed by atoms with Crippen LogP contribution in [0.1, 0.15) is 40.9 Å². The molecule has 0 saturated carbocycles. The molecule has 1 aromatic heterocycles. The molecule has 2 heterocycles. The molecule has 0 spiro atoms. The van der Waals surface area contributed by atoms with Crippen molar-refractivity contribution < 1.29 is 23.9 Å². The molecule has 10 nitrogen and oxygen atoms in total. The monoisotopic (exact) mass is 549 g/mol. The number of amides is 3. The minimum atomic E-state index is -0.796. The summed E-state index contributed by atoms with van der Waals surface area (Å²) in [4.78, 5) is 53.5. The number of rotatable bonds is 11. The molecule has 1 unspecified atom stereocenters. The van der Waals surface area contributed by atoms with Gasteiger partial charge in [-0.15, -0.1) is 0 Å². The molecule has 3 amide bonds. The van der Waals surface area contributed by atoms with Crippen molar-refractivity contribution in [2.45, 2.75) is 38.1 Å². The van der Waals surface area contributed by atoms with Crippen LogP contribution in [0.5, 0.6) is 0 Å². The Labute approximate surface area is 224 Å². The van der Waals surface area contributed by atoms with E-state index in [9.17, 15) is 19.2 Å². The van der Waals surface area contributed by atoms with Crippen molar-refractivity contribution in [2.24, 2.45) is 0 Å². The highest BCUT2D eigenvalue weighted by molar-refractivity contribution is 6.39. The second kappa shape index (κ2) is 13.8. The molecule has 198 valence electrons. The van der Waals surface area contributed by atoms with Gasteiger partial charge in [-0.3, -0.25) is 19.2 Å². The van der Waals surface area contributed by atoms with Crippen LogP contribution in [0.3, 0.4) is 0 Å². The van der Waals surface area contributed by atoms with E-state index >= 15 is 0 Å². The molecular formula is C25H29Cl2N5O5. The molecule has 0 fully saturated rings. The highest BCUT2D eigenvalue weighted by Gasteiger charge is 2.22. The van der Waals surface area contributed by atoms with Gasteiger partial charge in [-0.1, -0.05) is 35.3 Å². The number of aromatic nitrogens is 1. The average Bonchev–Trinajstić information content (AvgIpc) is 2.89. The van der Waals surface area contributed by atoms with Gasteiger partial charge in [-0.05, 0) is 43.0 Å². The lowest BCUT2D eigenvalue weighted by Crippen LogP contribution is -2.47. The lowest BCUT2D eigenvalue weighted by atomic mass is 10.1. The molecule has 0 saturated heterocycles. The second-order valence-corrected chi connectivity index (χ2v) is 9.28. The number of fused-ring (bicyclic) bond motifs is 1. The number of anilines is 1. The van der Waals surface area contributed by atoms with Crippen molar-refractivity contribution in [2.75, 3.05) is 32.1 Å². The lowest BCUT2D eigenvalue weighted by molar-refractivity contribution is -0.141. The number of halogens is 2. The summed E-state index contributed by atoms with van der Waals surface area (Å²) in [5.74, 6) is -1.09. The van der Waals surface area contributed by atoms with Gasteiger partial charge >= 0.3 is 5.97 Å². The van der Waals surface area contributed by atoms with Gasteiger partial charge in [0.25, 0.3) is 5.91 Å². The maximum atomic E-state index is 12.7. The Bertz CT molecular complexity index is 1140. The van der Waals surface area contributed by atoms with Gasteiger partial charge in [-0.2, -0.15) is 0 Å². The SMILES string of the molecule is COC(=O)CC(CNC(=O)CNC(=O)CCc1ccc2c(n1)NCCC2)NC(=O)c1c(Cl)cccc1Cl. The molecule has 1 aromatic carbocycles. The highest BCUT2D eigenvalue weighted by Crippen LogP contribution is 2.24. The van der Waals surface area contributed by atoms with Gasteiger partial charge in [0, 0.05) is 25.2 Å². The number of esters is 1. The van der Waals surface area contributed by atoms with E-state index in [1.54, 1.807) is 6.07 Å². The summed E-state index contributed by atoms with van der Waals surface area (Å²) in [6.45, 7) is 0.549. The van der Waals surface area contributed by atoms with Crippen LogP contribution in [0.25, 0.3) is 0 Å². The van der Waals surface area contributed by atoms with E-state index in [2.05, 4.69) is 31.0 Å². The summed E-state index contributed by atoms with van der Waals surface area (Å²) >= 11 is 12.2. The summed E-state index contributed by atoms with van der Waals surface area (Å²) in [5.41, 5.74) is 2.03. The number of benzene rings is 1. The topological polar surface area (TPSA) is 139 Å². The van der Waals surface area contributed by atoms with Crippen LogP contribution in [0.2, 0.25) is 10.0 Å². The lowest BCUT2D eigenvalue weighted by Gasteiger charge is -2.19. The van der Waals surface area contributed by atoms with Crippen molar-refractivity contribution in [1.29, 1.82) is 0 Å². The molecule has 12 heteroatoms. The summed E-state index contributed by atoms with van der Waals surface area (Å²) in [6.07, 6.45) is 2.49. The summed E-state index contributed by atoms with van der Waals surface area (Å²) in [6, 6.07) is 7.77. The number of pyridine rings is 1. The summed E-state index contributed by atoms with van der Waals surface area (Å²) < 4.78 is 4.67. The van der Waals surface area contributed by atoms with Crippen molar-refractivity contribution in [3.63, 3.8) is 0 Å². The largest absolute Gasteiger partial charge is 0.469 e. The van der Waals surface area contributed by atoms with Crippen LogP contribution >= 0.6 is 23.2 Å². The number of aryl methyl sites for hydroxylation is 2. The van der Waals surface area contributed by atoms with Crippen LogP contribution in [0.4, 0.5) is 5.82 Å². The van der Waals surface area contributed by atoms with E-state index in [1.165, 1.54) is 24.8 Å². The zero-order valence-corrected chi connectivity index (χ0v) is 21.9. The fourth-order valence-electron chi connectivity index (χ4n) is 3.75. The first-order chi connectivity index (χ1) is 17.8. The van der Waals surface area contributed by atoms with Gasteiger partial charge in [0.2, 0.25) is 11.8 Å². The van der Waals surface area contributed by atoms with Crippen molar-refractivity contribution >= 4 is 52.7 Å². The van der Waals surface area contributed by atoms with E-state index in [-0.39, 0.29) is 47.4 Å². The fourth-order valence-corrected chi connectivity index (χ4v) is 4.32. The first-order valence-corrected chi connectivity index (χ1v) is 12.6. The van der Waals surface area contributed by atoms with E-state index in [4.69, 9.17) is 23.2 Å². The smallest absolute Gasteiger partial charge is 0.307 e. The van der Waals surface area contributed by atoms with Crippen molar-refractivity contribution in [1.82, 2.24) is 20.9 Å². The second-order valence-electron chi connectivity index (χ2n) is 8.47. The predicted molar refractivity (Wildman–Crippen MR) is 140 cm³/mol. The quantitative estimate of drug-likeness (QED) is 0.315. The number of ether oxygens (including phenoxy) is 1. The third-order valence-corrected chi connectivity index (χ3v) is 6.35. The van der Waals surface area contributed by atoms with Gasteiger partial charge in [0.15, 0.2) is 0 Å². The first-order valence-electron chi connectivity index (χ1n) is 11.8. The number of carbonyl (C=O) groups is 4. The zero-order valence-electron chi connectivity index (χ0n) is 20.4. The third kappa shape index (κ3) is 8.61. The van der Waals surface area contributed by atoms with Crippen LogP contribution in [0, 0.1) is 0 Å². The van der Waals surface area contributed by atoms with Crippen LogP contribution in [-0.4, -0.2) is 61.5 Å². The molecule has 37 heavy (non-hydrogen) atoms. The summed E-state index contributed by atoms with van der Waals surface area (Å²) in [7, 11) is 1.22. The zero-order chi connectivity index (χ0) is 26.8. The van der Waals surface area contributed by atoms with E-state index in [1.807, 2.05) is 12.1 Å². The Morgan fingerprint density at radius 3 is 2.57 bits per heavy atom. The van der Waals surface area contributed by atoms with Crippen LogP contribution < -0.4 is 21.3 Å². The minimum Gasteiger partial charge on any atom is -0.469 e. The maximum absolute atomic E-state index is 12.7. The molecule has 1 aliphatic heterocycles. The Morgan fingerprint density at radius 1 is 1.08 bits per heavy atom. The molecule has 1 atom stereocenters. The van der Waals surface area contributed by atoms with Crippen LogP contribution in [0.15, 0.2) is 30.3 Å². The van der Waals surface area contributed by atoms with E-state index in [0.717, 1.165) is 30.9 Å². The molecule has 0 radical (unpaired) electrons. The summed E-state index contributed by atoms with van der Waals surface area (Å²) in [5, 5.41) is 11.4. The fraction of sp³-hybridized carbons (Fsp3) is 0.400. The number of nitrogens with one attached hydrogen (secondary N) is 4. The third-order valence-electron chi connectivity index (χ3n) is 5.72. The van der Waals surface area contributed by atoms with Gasteiger partial charge in [-0.25, -0.2) is 4.98 Å². The Kier molecular flexibility index (Phi) is 10.5. The predicted octanol–water partition coefficient (Wildman–Crippen LogP) is 2.27. The number of methoxy groups -OCH3 is 1. The molecule has 4 N–H and O–H groups in total. The number of nitrogens with zero attached hydrogens (tertiary/aromatic N) is 1. The molecule has 1 aliphatic rings. The molecule has 0 aliphatic carbocycles. The van der Waals surface area contributed by atoms with Crippen molar-refractivity contribution in [3.05, 3.63) is 57.2 Å². The Morgan fingerprint density at radius 2 is 1.84 bits per heavy atom. The first kappa shape index (κ1) is 28.2. The Balaban J connectivity index is 1.45. The molecular weight excluding hydrogens is 521 g/mol. The maximum Gasteiger partial charge on any atom is 0.307 e. The highest BCUT2D eigenvalue weighted by atomic mass is 35.5. The Hall–Kier alpha value is -3.37. The number of hydrogen-bond donors (Lipinski definition) is 4. The number of carbonyl (C=O) groups excluding carboxylic acids is 4. The standard InChI is InChI=1S/C25H29Cl2N5O5/c1-37-22(35)12-17(32-25(36)23-18(26)5-2-6-19(23)27)13-29-21(34)14-30-20(33)10-9-16-8-7-15-4-3-11-28-24(15)31-16/h2,5-8,17H,3-4,9-14H2,1H3,(H,28,31)(H,29,34)(H,30,33)(H,32,36). The van der Waals surface area contributed by atoms with Crippen LogP contribution in [-0.2, 0) is 32.0 Å². The van der Waals surface area contributed by atoms with Gasteiger partial charge in [0.1, 0.15) is 5.82 Å². The van der Waals surface area contributed by atoms with Gasteiger partial charge in [0.05, 0.1) is 41.7 Å². The molecule has 0 bridgehead atoms. The normalized spacial score (nSPS) is 12.9. The van der Waals surface area contributed by atoms with Crippen molar-refractivity contribution in [3.8, 4) is 0 Å². The van der Waals surface area contributed by atoms with E-state index in [0.29, 0.717) is 6.42 Å².